The number of nitrogens with zero attached hydrogens (tertiary/aromatic N) is 1. The maximum Gasteiger partial charge on any atom is 0.268 e. The van der Waals surface area contributed by atoms with Gasteiger partial charge in [-0.15, -0.1) is 0 Å². The monoisotopic (exact) mass is 286 g/mol. The van der Waals surface area contributed by atoms with Crippen molar-refractivity contribution in [1.82, 2.24) is 0 Å². The predicted octanol–water partition coefficient (Wildman–Crippen LogP) is 2.72. The molecule has 0 aliphatic carbocycles. The molecular weight excluding hydrogens is 271 g/mol. The van der Waals surface area contributed by atoms with Crippen LogP contribution in [0.3, 0.4) is 0 Å². The highest BCUT2D eigenvalue weighted by Gasteiger charge is 2.32. The minimum atomic E-state index is -0.595. The van der Waals surface area contributed by atoms with E-state index in [1.807, 2.05) is 0 Å². The van der Waals surface area contributed by atoms with E-state index in [1.54, 1.807) is 42.2 Å². The molecule has 2 aromatic carbocycles. The zero-order valence-electron chi connectivity index (χ0n) is 11.5. The zero-order valence-corrected chi connectivity index (χ0v) is 11.5. The number of amides is 1. The highest BCUT2D eigenvalue weighted by atomic mass is 19.1. The van der Waals surface area contributed by atoms with Gasteiger partial charge in [0.1, 0.15) is 5.82 Å². The van der Waals surface area contributed by atoms with E-state index < -0.39 is 6.10 Å². The average molecular weight is 286 g/mol. The number of nitrogens with two attached hydrogens (primary N) is 1. The summed E-state index contributed by atoms with van der Waals surface area (Å²) in [5.41, 5.74) is 7.89. The largest absolute Gasteiger partial charge is 0.477 e. The Morgan fingerprint density at radius 1 is 1.24 bits per heavy atom. The van der Waals surface area contributed by atoms with E-state index >= 15 is 0 Å². The highest BCUT2D eigenvalue weighted by Crippen LogP contribution is 2.39. The van der Waals surface area contributed by atoms with Crippen LogP contribution in [0.4, 0.5) is 15.8 Å². The molecule has 108 valence electrons. The van der Waals surface area contributed by atoms with Gasteiger partial charge in [0, 0.05) is 0 Å². The van der Waals surface area contributed by atoms with Crippen molar-refractivity contribution in [2.24, 2.45) is 0 Å². The van der Waals surface area contributed by atoms with E-state index in [9.17, 15) is 9.18 Å². The number of benzene rings is 2. The molecule has 4 nitrogen and oxygen atoms in total. The highest BCUT2D eigenvalue weighted by molar-refractivity contribution is 6.00. The smallest absolute Gasteiger partial charge is 0.268 e. The molecule has 1 amide bonds. The first-order valence-corrected chi connectivity index (χ1v) is 6.67. The molecule has 0 bridgehead atoms. The van der Waals surface area contributed by atoms with Crippen molar-refractivity contribution in [1.29, 1.82) is 0 Å². The van der Waals surface area contributed by atoms with Gasteiger partial charge in [-0.25, -0.2) is 4.39 Å². The number of carbonyl (C=O) groups is 1. The summed E-state index contributed by atoms with van der Waals surface area (Å²) in [6, 6.07) is 11.4. The SMILES string of the molecule is C[C@@H]1Oc2c(N)cccc2N(Cc2ccc(F)cc2)C1=O. The fourth-order valence-corrected chi connectivity index (χ4v) is 2.38. The lowest BCUT2D eigenvalue weighted by molar-refractivity contribution is -0.125. The van der Waals surface area contributed by atoms with Crippen LogP contribution < -0.4 is 15.4 Å². The molecule has 1 atom stereocenters. The molecule has 3 rings (SSSR count). The number of hydrogen-bond donors (Lipinski definition) is 1. The number of ether oxygens (including phenoxy) is 1. The third kappa shape index (κ3) is 2.42. The van der Waals surface area contributed by atoms with E-state index in [0.717, 1.165) is 5.56 Å². The van der Waals surface area contributed by atoms with Gasteiger partial charge in [-0.2, -0.15) is 0 Å². The summed E-state index contributed by atoms with van der Waals surface area (Å²) in [6.07, 6.45) is -0.595. The molecule has 0 saturated carbocycles. The van der Waals surface area contributed by atoms with E-state index in [1.165, 1.54) is 12.1 Å². The van der Waals surface area contributed by atoms with E-state index in [-0.39, 0.29) is 11.7 Å². The van der Waals surface area contributed by atoms with Crippen molar-refractivity contribution in [2.45, 2.75) is 19.6 Å². The van der Waals surface area contributed by atoms with Gasteiger partial charge in [-0.3, -0.25) is 4.79 Å². The van der Waals surface area contributed by atoms with Gasteiger partial charge in [0.15, 0.2) is 11.9 Å². The lowest BCUT2D eigenvalue weighted by Crippen LogP contribution is -2.44. The van der Waals surface area contributed by atoms with Gasteiger partial charge in [-0.05, 0) is 36.8 Å². The number of anilines is 2. The molecule has 0 spiro atoms. The summed E-state index contributed by atoms with van der Waals surface area (Å²) in [7, 11) is 0. The number of hydrogen-bond acceptors (Lipinski definition) is 3. The van der Waals surface area contributed by atoms with Crippen LogP contribution in [0.2, 0.25) is 0 Å². The zero-order chi connectivity index (χ0) is 15.0. The number of rotatable bonds is 2. The molecule has 0 saturated heterocycles. The van der Waals surface area contributed by atoms with Crippen molar-refractivity contribution in [3.05, 3.63) is 53.8 Å². The minimum Gasteiger partial charge on any atom is -0.477 e. The molecule has 0 aromatic heterocycles. The fraction of sp³-hybridized carbons (Fsp3) is 0.188. The van der Waals surface area contributed by atoms with Crippen LogP contribution in [0.1, 0.15) is 12.5 Å². The first kappa shape index (κ1) is 13.4. The molecule has 1 aliphatic rings. The molecule has 21 heavy (non-hydrogen) atoms. The Morgan fingerprint density at radius 2 is 1.95 bits per heavy atom. The second-order valence-corrected chi connectivity index (χ2v) is 5.01. The third-order valence-electron chi connectivity index (χ3n) is 3.48. The number of fused-ring (bicyclic) bond motifs is 1. The quantitative estimate of drug-likeness (QED) is 0.864. The van der Waals surface area contributed by atoms with Crippen LogP contribution >= 0.6 is 0 Å². The van der Waals surface area contributed by atoms with Crippen molar-refractivity contribution in [2.75, 3.05) is 10.6 Å². The molecule has 2 aromatic rings. The molecule has 5 heteroatoms. The van der Waals surface area contributed by atoms with E-state index in [2.05, 4.69) is 0 Å². The Hall–Kier alpha value is -2.56. The van der Waals surface area contributed by atoms with Gasteiger partial charge in [0.2, 0.25) is 0 Å². The Bertz CT molecular complexity index is 685. The van der Waals surface area contributed by atoms with Crippen molar-refractivity contribution in [3.63, 3.8) is 0 Å². The average Bonchev–Trinajstić information content (AvgIpc) is 2.47. The fourth-order valence-electron chi connectivity index (χ4n) is 2.38. The topological polar surface area (TPSA) is 55.6 Å². The Kier molecular flexibility index (Phi) is 3.25. The van der Waals surface area contributed by atoms with Crippen molar-refractivity contribution < 1.29 is 13.9 Å². The summed E-state index contributed by atoms with van der Waals surface area (Å²) in [5, 5.41) is 0. The lowest BCUT2D eigenvalue weighted by atomic mass is 10.1. The van der Waals surface area contributed by atoms with Crippen molar-refractivity contribution in [3.8, 4) is 5.75 Å². The lowest BCUT2D eigenvalue weighted by Gasteiger charge is -2.33. The maximum absolute atomic E-state index is 13.0. The number of halogens is 1. The first-order valence-electron chi connectivity index (χ1n) is 6.67. The third-order valence-corrected chi connectivity index (χ3v) is 3.48. The van der Waals surface area contributed by atoms with Gasteiger partial charge in [-0.1, -0.05) is 18.2 Å². The second-order valence-electron chi connectivity index (χ2n) is 5.01. The normalized spacial score (nSPS) is 17.3. The van der Waals surface area contributed by atoms with Crippen LogP contribution in [0.25, 0.3) is 0 Å². The molecule has 1 aliphatic heterocycles. The summed E-state index contributed by atoms with van der Waals surface area (Å²) >= 11 is 0. The van der Waals surface area contributed by atoms with E-state index in [4.69, 9.17) is 10.5 Å². The molecule has 0 radical (unpaired) electrons. The second kappa shape index (κ2) is 5.09. The van der Waals surface area contributed by atoms with E-state index in [0.29, 0.717) is 23.7 Å². The summed E-state index contributed by atoms with van der Waals surface area (Å²) < 4.78 is 18.6. The number of para-hydroxylation sites is 1. The molecule has 0 fully saturated rings. The van der Waals surface area contributed by atoms with Crippen LogP contribution in [-0.4, -0.2) is 12.0 Å². The predicted molar refractivity (Wildman–Crippen MR) is 78.5 cm³/mol. The van der Waals surface area contributed by atoms with Crippen LogP contribution in [0.15, 0.2) is 42.5 Å². The van der Waals surface area contributed by atoms with Crippen LogP contribution in [-0.2, 0) is 11.3 Å². The Labute approximate surface area is 121 Å². The molecule has 2 N–H and O–H groups in total. The summed E-state index contributed by atoms with van der Waals surface area (Å²) in [4.78, 5) is 14.0. The number of carbonyl (C=O) groups excluding carboxylic acids is 1. The van der Waals surface area contributed by atoms with Crippen molar-refractivity contribution >= 4 is 17.3 Å². The summed E-state index contributed by atoms with van der Waals surface area (Å²) in [5.74, 6) is 0.0780. The van der Waals surface area contributed by atoms with Crippen LogP contribution in [0.5, 0.6) is 5.75 Å². The van der Waals surface area contributed by atoms with Gasteiger partial charge in [0.25, 0.3) is 5.91 Å². The van der Waals surface area contributed by atoms with Gasteiger partial charge < -0.3 is 15.4 Å². The maximum atomic E-state index is 13.0. The molecule has 0 unspecified atom stereocenters. The standard InChI is InChI=1S/C16H15FN2O2/c1-10-16(20)19(9-11-5-7-12(17)8-6-11)14-4-2-3-13(18)15(14)21-10/h2-8,10H,9,18H2,1H3/t10-/m0/s1. The Balaban J connectivity index is 1.99. The molecule has 1 heterocycles. The van der Waals surface area contributed by atoms with Gasteiger partial charge >= 0.3 is 0 Å². The Morgan fingerprint density at radius 3 is 2.67 bits per heavy atom. The summed E-state index contributed by atoms with van der Waals surface area (Å²) in [6.45, 7) is 2.04. The van der Waals surface area contributed by atoms with Crippen LogP contribution in [0, 0.1) is 5.82 Å². The number of nitrogen functional groups attached to an aromatic ring is 1. The minimum absolute atomic E-state index is 0.141. The first-order chi connectivity index (χ1) is 10.1. The molecular formula is C16H15FN2O2. The van der Waals surface area contributed by atoms with Gasteiger partial charge in [0.05, 0.1) is 17.9 Å².